The number of hydrogen-bond donors (Lipinski definition) is 2. The Kier molecular flexibility index (Phi) is 4.68. The summed E-state index contributed by atoms with van der Waals surface area (Å²) in [6.07, 6.45) is 1.09. The summed E-state index contributed by atoms with van der Waals surface area (Å²) in [7, 11) is 0. The number of nitrogens with zero attached hydrogens (tertiary/aromatic N) is 1. The average molecular weight is 265 g/mol. The topological polar surface area (TPSA) is 50.9 Å². The maximum atomic E-state index is 5.77. The second-order valence-electron chi connectivity index (χ2n) is 5.87. The molecule has 0 radical (unpaired) electrons. The molecule has 1 rings (SSSR count). The van der Waals surface area contributed by atoms with Gasteiger partial charge in [0.15, 0.2) is 0 Å². The molecule has 3 nitrogen and oxygen atoms in total. The van der Waals surface area contributed by atoms with Gasteiger partial charge in [-0.3, -0.25) is 4.98 Å². The van der Waals surface area contributed by atoms with Gasteiger partial charge < -0.3 is 11.1 Å². The highest BCUT2D eigenvalue weighted by Crippen LogP contribution is 2.22. The van der Waals surface area contributed by atoms with Crippen molar-refractivity contribution in [3.05, 3.63) is 23.0 Å². The molecule has 0 aliphatic heterocycles. The summed E-state index contributed by atoms with van der Waals surface area (Å²) in [6, 6.07) is 2.00. The quantitative estimate of drug-likeness (QED) is 0.821. The summed E-state index contributed by atoms with van der Waals surface area (Å²) in [4.78, 5) is 4.81. The van der Waals surface area contributed by atoms with Crippen molar-refractivity contribution in [2.24, 2.45) is 11.1 Å². The van der Waals surface area contributed by atoms with E-state index in [2.05, 4.69) is 31.1 Å². The van der Waals surface area contributed by atoms with Crippen molar-refractivity contribution in [3.63, 3.8) is 0 Å². The number of thiocarbonyl (C=S) groups is 1. The molecule has 0 saturated carbocycles. The molecule has 0 aliphatic carbocycles. The van der Waals surface area contributed by atoms with Gasteiger partial charge in [0.1, 0.15) is 4.99 Å². The second kappa shape index (κ2) is 5.65. The van der Waals surface area contributed by atoms with Crippen LogP contribution in [0.2, 0.25) is 0 Å². The molecular formula is C14H23N3S. The zero-order valence-corrected chi connectivity index (χ0v) is 12.7. The Morgan fingerprint density at radius 2 is 2.00 bits per heavy atom. The Morgan fingerprint density at radius 3 is 2.50 bits per heavy atom. The largest absolute Gasteiger partial charge is 0.389 e. The highest BCUT2D eigenvalue weighted by atomic mass is 32.1. The molecule has 0 atom stereocenters. The van der Waals surface area contributed by atoms with Crippen molar-refractivity contribution in [2.45, 2.75) is 41.0 Å². The molecule has 0 unspecified atom stereocenters. The van der Waals surface area contributed by atoms with E-state index >= 15 is 0 Å². The lowest BCUT2D eigenvalue weighted by Gasteiger charge is -2.20. The number of rotatable bonds is 4. The van der Waals surface area contributed by atoms with Crippen LogP contribution in [0.5, 0.6) is 0 Å². The smallest absolute Gasteiger partial charge is 0.107 e. The summed E-state index contributed by atoms with van der Waals surface area (Å²) < 4.78 is 0. The van der Waals surface area contributed by atoms with Gasteiger partial charge in [-0.15, -0.1) is 0 Å². The Hall–Kier alpha value is -1.16. The highest BCUT2D eigenvalue weighted by Gasteiger charge is 2.13. The van der Waals surface area contributed by atoms with E-state index in [1.807, 2.05) is 19.9 Å². The molecule has 0 bridgehead atoms. The number of aryl methyl sites for hydroxylation is 2. The lowest BCUT2D eigenvalue weighted by atomic mass is 9.92. The fraction of sp³-hybridized carbons (Fsp3) is 0.571. The standard InChI is InChI=1S/C14H23N3S/c1-9-8-11(16-7-6-14(3,4)5)12(13(15)18)10(2)17-9/h8H,6-7H2,1-5H3,(H2,15,18)(H,16,17). The lowest BCUT2D eigenvalue weighted by Crippen LogP contribution is -2.18. The van der Waals surface area contributed by atoms with Crippen LogP contribution in [0, 0.1) is 19.3 Å². The summed E-state index contributed by atoms with van der Waals surface area (Å²) in [5.41, 5.74) is 9.82. The van der Waals surface area contributed by atoms with Crippen LogP contribution in [0.3, 0.4) is 0 Å². The summed E-state index contributed by atoms with van der Waals surface area (Å²) in [6.45, 7) is 11.5. The monoisotopic (exact) mass is 265 g/mol. The molecule has 1 heterocycles. The van der Waals surface area contributed by atoms with Crippen molar-refractivity contribution in [3.8, 4) is 0 Å². The van der Waals surface area contributed by atoms with Gasteiger partial charge in [-0.1, -0.05) is 33.0 Å². The van der Waals surface area contributed by atoms with Crippen LogP contribution in [-0.2, 0) is 0 Å². The first-order valence-corrected chi connectivity index (χ1v) is 6.63. The lowest BCUT2D eigenvalue weighted by molar-refractivity contribution is 0.390. The Morgan fingerprint density at radius 1 is 1.39 bits per heavy atom. The Bertz CT molecular complexity index is 447. The molecule has 0 amide bonds. The van der Waals surface area contributed by atoms with Crippen LogP contribution in [-0.4, -0.2) is 16.5 Å². The second-order valence-corrected chi connectivity index (χ2v) is 6.31. The minimum Gasteiger partial charge on any atom is -0.389 e. The van der Waals surface area contributed by atoms with E-state index in [1.54, 1.807) is 0 Å². The first-order chi connectivity index (χ1) is 8.20. The summed E-state index contributed by atoms with van der Waals surface area (Å²) in [5, 5.41) is 3.43. The number of nitrogens with two attached hydrogens (primary N) is 1. The molecule has 3 N–H and O–H groups in total. The average Bonchev–Trinajstić information content (AvgIpc) is 2.13. The van der Waals surface area contributed by atoms with Crippen LogP contribution in [0.15, 0.2) is 6.07 Å². The van der Waals surface area contributed by atoms with E-state index in [0.29, 0.717) is 10.4 Å². The number of hydrogen-bond acceptors (Lipinski definition) is 3. The van der Waals surface area contributed by atoms with Crippen molar-refractivity contribution >= 4 is 22.9 Å². The molecule has 18 heavy (non-hydrogen) atoms. The minimum absolute atomic E-state index is 0.313. The molecule has 1 aromatic heterocycles. The number of aromatic nitrogens is 1. The molecule has 0 spiro atoms. The van der Waals surface area contributed by atoms with E-state index in [9.17, 15) is 0 Å². The molecule has 0 aromatic carbocycles. The number of pyridine rings is 1. The van der Waals surface area contributed by atoms with Crippen LogP contribution >= 0.6 is 12.2 Å². The molecule has 100 valence electrons. The first-order valence-electron chi connectivity index (χ1n) is 6.22. The summed E-state index contributed by atoms with van der Waals surface area (Å²) in [5.74, 6) is 0. The molecule has 0 saturated heterocycles. The first kappa shape index (κ1) is 14.9. The van der Waals surface area contributed by atoms with E-state index < -0.39 is 0 Å². The molecule has 1 aromatic rings. The van der Waals surface area contributed by atoms with Gasteiger partial charge in [-0.05, 0) is 31.7 Å². The number of nitrogens with one attached hydrogen (secondary N) is 1. The van der Waals surface area contributed by atoms with Gasteiger partial charge in [-0.25, -0.2) is 0 Å². The van der Waals surface area contributed by atoms with Crippen LogP contribution in [0.25, 0.3) is 0 Å². The zero-order chi connectivity index (χ0) is 13.9. The van der Waals surface area contributed by atoms with Gasteiger partial charge >= 0.3 is 0 Å². The van der Waals surface area contributed by atoms with Crippen LogP contribution < -0.4 is 11.1 Å². The molecule has 4 heteroatoms. The number of anilines is 1. The van der Waals surface area contributed by atoms with Gasteiger partial charge in [0, 0.05) is 23.6 Å². The third kappa shape index (κ3) is 4.26. The molecule has 0 fully saturated rings. The van der Waals surface area contributed by atoms with Crippen LogP contribution in [0.1, 0.15) is 44.1 Å². The van der Waals surface area contributed by atoms with Crippen LogP contribution in [0.4, 0.5) is 5.69 Å². The van der Waals surface area contributed by atoms with E-state index in [4.69, 9.17) is 18.0 Å². The predicted molar refractivity (Wildman–Crippen MR) is 82.2 cm³/mol. The Balaban J connectivity index is 2.90. The minimum atomic E-state index is 0.313. The maximum absolute atomic E-state index is 5.77. The van der Waals surface area contributed by atoms with Crippen molar-refractivity contribution < 1.29 is 0 Å². The SMILES string of the molecule is Cc1cc(NCCC(C)(C)C)c(C(N)=S)c(C)n1. The van der Waals surface area contributed by atoms with Gasteiger partial charge in [0.25, 0.3) is 0 Å². The third-order valence-corrected chi connectivity index (χ3v) is 2.97. The zero-order valence-electron chi connectivity index (χ0n) is 11.9. The van der Waals surface area contributed by atoms with Crippen molar-refractivity contribution in [1.29, 1.82) is 0 Å². The predicted octanol–water partition coefficient (Wildman–Crippen LogP) is 3.18. The highest BCUT2D eigenvalue weighted by molar-refractivity contribution is 7.80. The Labute approximate surface area is 115 Å². The van der Waals surface area contributed by atoms with Gasteiger partial charge in [0.05, 0.1) is 5.56 Å². The molecule has 0 aliphatic rings. The maximum Gasteiger partial charge on any atom is 0.107 e. The van der Waals surface area contributed by atoms with Crippen molar-refractivity contribution in [1.82, 2.24) is 4.98 Å². The van der Waals surface area contributed by atoms with Gasteiger partial charge in [0.2, 0.25) is 0 Å². The normalized spacial score (nSPS) is 11.4. The molecular weight excluding hydrogens is 242 g/mol. The van der Waals surface area contributed by atoms with Crippen molar-refractivity contribution in [2.75, 3.05) is 11.9 Å². The van der Waals surface area contributed by atoms with E-state index in [1.165, 1.54) is 0 Å². The summed E-state index contributed by atoms with van der Waals surface area (Å²) >= 11 is 5.10. The fourth-order valence-corrected chi connectivity index (χ4v) is 2.11. The fourth-order valence-electron chi connectivity index (χ4n) is 1.85. The van der Waals surface area contributed by atoms with Gasteiger partial charge in [-0.2, -0.15) is 0 Å². The third-order valence-electron chi connectivity index (χ3n) is 2.77. The van der Waals surface area contributed by atoms with E-state index in [0.717, 1.165) is 35.6 Å². The van der Waals surface area contributed by atoms with E-state index in [-0.39, 0.29) is 0 Å².